The zero-order chi connectivity index (χ0) is 15.8. The zero-order valence-corrected chi connectivity index (χ0v) is 10.7. The Morgan fingerprint density at radius 1 is 1.38 bits per heavy atom. The second-order valence-corrected chi connectivity index (χ2v) is 4.20. The van der Waals surface area contributed by atoms with Crippen molar-refractivity contribution >= 4 is 22.9 Å². The van der Waals surface area contributed by atoms with Crippen LogP contribution in [0, 0.1) is 0 Å². The smallest absolute Gasteiger partial charge is 0.449 e. The molecule has 2 rings (SSSR count). The first kappa shape index (κ1) is 14.8. The number of nitrogens with one attached hydrogen (secondary N) is 1. The van der Waals surface area contributed by atoms with Gasteiger partial charge in [-0.25, -0.2) is 9.78 Å². The first-order chi connectivity index (χ1) is 9.74. The first-order valence-corrected chi connectivity index (χ1v) is 5.75. The first-order valence-electron chi connectivity index (χ1n) is 5.75. The molecule has 112 valence electrons. The lowest BCUT2D eigenvalue weighted by molar-refractivity contribution is -0.147. The number of aromatic carboxylic acids is 1. The summed E-state index contributed by atoms with van der Waals surface area (Å²) in [5.74, 6) is -3.14. The van der Waals surface area contributed by atoms with Crippen LogP contribution in [0.2, 0.25) is 0 Å². The van der Waals surface area contributed by atoms with Gasteiger partial charge in [0.05, 0.1) is 16.6 Å². The highest BCUT2D eigenvalue weighted by Crippen LogP contribution is 2.31. The van der Waals surface area contributed by atoms with Gasteiger partial charge >= 0.3 is 12.1 Å². The number of hydrogen-bond acceptors (Lipinski definition) is 3. The molecule has 0 atom stereocenters. The number of amides is 1. The molecule has 1 amide bonds. The van der Waals surface area contributed by atoms with Crippen molar-refractivity contribution in [1.29, 1.82) is 0 Å². The maximum Gasteiger partial charge on any atom is 0.449 e. The van der Waals surface area contributed by atoms with E-state index in [-0.39, 0.29) is 16.6 Å². The number of fused-ring (bicyclic) bond motifs is 1. The van der Waals surface area contributed by atoms with Gasteiger partial charge in [-0.3, -0.25) is 4.79 Å². The molecule has 0 bridgehead atoms. The molecule has 6 nitrogen and oxygen atoms in total. The lowest BCUT2D eigenvalue weighted by Gasteiger charge is -2.10. The summed E-state index contributed by atoms with van der Waals surface area (Å²) in [6.45, 7) is -0.561. The molecule has 9 heteroatoms. The molecule has 21 heavy (non-hydrogen) atoms. The van der Waals surface area contributed by atoms with Crippen molar-refractivity contribution in [1.82, 2.24) is 14.9 Å². The molecule has 0 radical (unpaired) electrons. The quantitative estimate of drug-likeness (QED) is 0.900. The van der Waals surface area contributed by atoms with Crippen molar-refractivity contribution in [3.63, 3.8) is 0 Å². The lowest BCUT2D eigenvalue weighted by atomic mass is 10.2. The molecule has 2 aromatic rings. The molecule has 0 spiro atoms. The minimum absolute atomic E-state index is 0.0379. The molecule has 0 aliphatic heterocycles. The van der Waals surface area contributed by atoms with Gasteiger partial charge in [0.25, 0.3) is 0 Å². The fourth-order valence-electron chi connectivity index (χ4n) is 1.86. The summed E-state index contributed by atoms with van der Waals surface area (Å²) in [6.07, 6.45) is -4.75. The van der Waals surface area contributed by atoms with E-state index in [0.717, 1.165) is 12.1 Å². The summed E-state index contributed by atoms with van der Waals surface area (Å²) in [6, 6.07) is 3.39. The zero-order valence-electron chi connectivity index (χ0n) is 10.7. The summed E-state index contributed by atoms with van der Waals surface area (Å²) in [4.78, 5) is 25.6. The van der Waals surface area contributed by atoms with Crippen molar-refractivity contribution in [2.45, 2.75) is 12.7 Å². The summed E-state index contributed by atoms with van der Waals surface area (Å²) in [5.41, 5.74) is -0.275. The van der Waals surface area contributed by atoms with E-state index in [2.05, 4.69) is 10.3 Å². The third kappa shape index (κ3) is 2.81. The molecular formula is C12H10F3N3O3. The van der Waals surface area contributed by atoms with Crippen LogP contribution in [0.1, 0.15) is 16.2 Å². The highest BCUT2D eigenvalue weighted by Gasteiger charge is 2.38. The second-order valence-electron chi connectivity index (χ2n) is 4.20. The van der Waals surface area contributed by atoms with E-state index in [9.17, 15) is 22.8 Å². The Morgan fingerprint density at radius 2 is 2.05 bits per heavy atom. The van der Waals surface area contributed by atoms with Crippen LogP contribution in [-0.4, -0.2) is 33.6 Å². The molecule has 2 N–H and O–H groups in total. The minimum atomic E-state index is -4.75. The second kappa shape index (κ2) is 5.08. The van der Waals surface area contributed by atoms with Crippen LogP contribution >= 0.6 is 0 Å². The van der Waals surface area contributed by atoms with E-state index >= 15 is 0 Å². The molecular weight excluding hydrogens is 291 g/mol. The van der Waals surface area contributed by atoms with E-state index in [1.54, 1.807) is 0 Å². The van der Waals surface area contributed by atoms with Gasteiger partial charge < -0.3 is 15.0 Å². The van der Waals surface area contributed by atoms with E-state index in [1.165, 1.54) is 13.1 Å². The van der Waals surface area contributed by atoms with Gasteiger partial charge in [0.15, 0.2) is 0 Å². The minimum Gasteiger partial charge on any atom is -0.478 e. The Morgan fingerprint density at radius 3 is 2.57 bits per heavy atom. The number of hydrogen-bond donors (Lipinski definition) is 2. The summed E-state index contributed by atoms with van der Waals surface area (Å²) < 4.78 is 39.6. The largest absolute Gasteiger partial charge is 0.478 e. The van der Waals surface area contributed by atoms with Gasteiger partial charge in [0.1, 0.15) is 6.54 Å². The van der Waals surface area contributed by atoms with Crippen LogP contribution in [0.4, 0.5) is 13.2 Å². The summed E-state index contributed by atoms with van der Waals surface area (Å²) in [7, 11) is 1.30. The standard InChI is InChI=1S/C12H10F3N3O3/c1-16-9(19)5-18-8-3-2-6(10(20)21)4-7(8)17-11(18)12(13,14)15/h2-4H,5H2,1H3,(H,16,19)(H,20,21). The van der Waals surface area contributed by atoms with Crippen LogP contribution in [0.5, 0.6) is 0 Å². The van der Waals surface area contributed by atoms with Gasteiger partial charge in [0.2, 0.25) is 11.7 Å². The Hall–Kier alpha value is -2.58. The highest BCUT2D eigenvalue weighted by atomic mass is 19.4. The SMILES string of the molecule is CNC(=O)Cn1c(C(F)(F)F)nc2cc(C(=O)O)ccc21. The van der Waals surface area contributed by atoms with Gasteiger partial charge in [-0.05, 0) is 18.2 Å². The predicted octanol–water partition coefficient (Wildman–Crippen LogP) is 1.50. The lowest BCUT2D eigenvalue weighted by Crippen LogP contribution is -2.26. The van der Waals surface area contributed by atoms with Crippen LogP contribution in [0.25, 0.3) is 11.0 Å². The molecule has 1 aromatic heterocycles. The number of carbonyl (C=O) groups is 2. The van der Waals surface area contributed by atoms with Crippen molar-refractivity contribution < 1.29 is 27.9 Å². The number of carboxylic acid groups (broad SMARTS) is 1. The van der Waals surface area contributed by atoms with Gasteiger partial charge in [-0.15, -0.1) is 0 Å². The van der Waals surface area contributed by atoms with Crippen molar-refractivity contribution in [2.24, 2.45) is 0 Å². The van der Waals surface area contributed by atoms with Crippen molar-refractivity contribution in [2.75, 3.05) is 7.05 Å². The monoisotopic (exact) mass is 301 g/mol. The van der Waals surface area contributed by atoms with Crippen LogP contribution in [-0.2, 0) is 17.5 Å². The van der Waals surface area contributed by atoms with Gasteiger partial charge in [-0.2, -0.15) is 13.2 Å². The summed E-state index contributed by atoms with van der Waals surface area (Å²) in [5, 5.41) is 11.1. The maximum absolute atomic E-state index is 13.0. The third-order valence-electron chi connectivity index (χ3n) is 2.83. The maximum atomic E-state index is 13.0. The normalized spacial score (nSPS) is 11.6. The Labute approximate surface area is 116 Å². The molecule has 1 aromatic carbocycles. The van der Waals surface area contributed by atoms with Crippen molar-refractivity contribution in [3.8, 4) is 0 Å². The summed E-state index contributed by atoms with van der Waals surface area (Å²) >= 11 is 0. The van der Waals surface area contributed by atoms with E-state index < -0.39 is 30.4 Å². The number of carboxylic acids is 1. The molecule has 0 saturated carbocycles. The predicted molar refractivity (Wildman–Crippen MR) is 65.8 cm³/mol. The molecule has 0 unspecified atom stereocenters. The number of rotatable bonds is 3. The number of benzene rings is 1. The van der Waals surface area contributed by atoms with E-state index in [1.807, 2.05) is 0 Å². The van der Waals surface area contributed by atoms with E-state index in [4.69, 9.17) is 5.11 Å². The number of likely N-dealkylation sites (N-methyl/N-ethyl adjacent to an activating group) is 1. The Balaban J connectivity index is 2.66. The topological polar surface area (TPSA) is 84.2 Å². The molecule has 1 heterocycles. The van der Waals surface area contributed by atoms with Crippen LogP contribution < -0.4 is 5.32 Å². The number of alkyl halides is 3. The molecule has 0 aliphatic carbocycles. The fourth-order valence-corrected chi connectivity index (χ4v) is 1.86. The Bertz CT molecular complexity index is 722. The average molecular weight is 301 g/mol. The van der Waals surface area contributed by atoms with Gasteiger partial charge in [0, 0.05) is 7.05 Å². The number of aromatic nitrogens is 2. The fraction of sp³-hybridized carbons (Fsp3) is 0.250. The van der Waals surface area contributed by atoms with Crippen molar-refractivity contribution in [3.05, 3.63) is 29.6 Å². The Kier molecular flexibility index (Phi) is 3.58. The van der Waals surface area contributed by atoms with Crippen LogP contribution in [0.15, 0.2) is 18.2 Å². The highest BCUT2D eigenvalue weighted by molar-refractivity contribution is 5.92. The molecule has 0 fully saturated rings. The van der Waals surface area contributed by atoms with Gasteiger partial charge in [-0.1, -0.05) is 0 Å². The third-order valence-corrected chi connectivity index (χ3v) is 2.83. The van der Waals surface area contributed by atoms with E-state index in [0.29, 0.717) is 4.57 Å². The van der Waals surface area contributed by atoms with Crippen LogP contribution in [0.3, 0.4) is 0 Å². The number of nitrogens with zero attached hydrogens (tertiary/aromatic N) is 2. The average Bonchev–Trinajstić information content (AvgIpc) is 2.76. The number of imidazole rings is 1. The molecule has 0 aliphatic rings. The molecule has 0 saturated heterocycles. The number of carbonyl (C=O) groups excluding carboxylic acids is 1. The number of halogens is 3.